The number of rotatable bonds is 5. The van der Waals surface area contributed by atoms with Gasteiger partial charge in [-0.05, 0) is 55.5 Å². The van der Waals surface area contributed by atoms with Crippen LogP contribution in [0.3, 0.4) is 0 Å². The van der Waals surface area contributed by atoms with Crippen molar-refractivity contribution in [2.24, 2.45) is 5.92 Å². The normalized spacial score (nSPS) is 18.9. The molecule has 184 valence electrons. The molecule has 1 atom stereocenters. The maximum absolute atomic E-state index is 12.9. The number of nitrogens with zero attached hydrogens (tertiary/aromatic N) is 3. The molecule has 0 unspecified atom stereocenters. The van der Waals surface area contributed by atoms with Crippen LogP contribution in [0.4, 0.5) is 5.95 Å². The van der Waals surface area contributed by atoms with Gasteiger partial charge in [0.05, 0.1) is 22.7 Å². The summed E-state index contributed by atoms with van der Waals surface area (Å²) in [5.74, 6) is 0.569. The molecule has 3 aromatic rings. The molecule has 9 heteroatoms. The Morgan fingerprint density at radius 1 is 1.14 bits per heavy atom. The number of aromatic nitrogens is 2. The maximum atomic E-state index is 12.9. The lowest BCUT2D eigenvalue weighted by Gasteiger charge is -2.32. The lowest BCUT2D eigenvalue weighted by Crippen LogP contribution is -2.42. The van der Waals surface area contributed by atoms with Gasteiger partial charge in [-0.1, -0.05) is 24.3 Å². The smallest absolute Gasteiger partial charge is 0.226 e. The molecule has 0 bridgehead atoms. The third kappa shape index (κ3) is 5.01. The average molecular weight is 495 g/mol. The first-order valence-electron chi connectivity index (χ1n) is 12.0. The zero-order valence-corrected chi connectivity index (χ0v) is 20.8. The van der Waals surface area contributed by atoms with Crippen LogP contribution in [0.15, 0.2) is 47.4 Å². The number of carbonyl (C=O) groups is 1. The molecule has 0 radical (unpaired) electrons. The van der Waals surface area contributed by atoms with Crippen LogP contribution in [0.5, 0.6) is 0 Å². The van der Waals surface area contributed by atoms with Crippen molar-refractivity contribution < 1.29 is 17.9 Å². The number of nitrogens with one attached hydrogen (secondary N) is 1. The van der Waals surface area contributed by atoms with Crippen molar-refractivity contribution in [1.29, 1.82) is 0 Å². The van der Waals surface area contributed by atoms with E-state index in [1.54, 1.807) is 18.2 Å². The number of fused-ring (bicyclic) bond motifs is 2. The number of anilines is 1. The molecule has 0 aliphatic carbocycles. The number of hydrogen-bond acceptors (Lipinski definition) is 7. The summed E-state index contributed by atoms with van der Waals surface area (Å²) in [6.45, 7) is 4.38. The lowest BCUT2D eigenvalue weighted by molar-refractivity contribution is -0.126. The number of ether oxygens (including phenoxy) is 1. The second kappa shape index (κ2) is 9.54. The van der Waals surface area contributed by atoms with Gasteiger partial charge in [-0.3, -0.25) is 4.79 Å². The third-order valence-corrected chi connectivity index (χ3v) is 8.09. The Bertz CT molecular complexity index is 1370. The van der Waals surface area contributed by atoms with Crippen LogP contribution < -0.4 is 10.2 Å². The number of sulfone groups is 1. The standard InChI is InChI=1S/C26H30N4O4S/c1-17-21-8-7-20(35(2,32)33)15-23(21)29-26(28-17)30-12-9-19(10-13-30)25(31)27-16-24-22-6-4-3-5-18(22)11-14-34-24/h3-8,15,19,24H,9-14,16H2,1-2H3,(H,27,31)/t24-/m1/s1. The molecule has 1 aromatic heterocycles. The van der Waals surface area contributed by atoms with Gasteiger partial charge >= 0.3 is 0 Å². The molecular formula is C26H30N4O4S. The van der Waals surface area contributed by atoms with E-state index in [1.165, 1.54) is 11.8 Å². The molecule has 2 aliphatic rings. The lowest BCUT2D eigenvalue weighted by atomic mass is 9.95. The van der Waals surface area contributed by atoms with E-state index in [1.807, 2.05) is 19.1 Å². The van der Waals surface area contributed by atoms with E-state index in [4.69, 9.17) is 4.74 Å². The first-order chi connectivity index (χ1) is 16.8. The highest BCUT2D eigenvalue weighted by atomic mass is 32.2. The minimum atomic E-state index is -3.32. The molecular weight excluding hydrogens is 464 g/mol. The SMILES string of the molecule is Cc1nc(N2CCC(C(=O)NC[C@H]3OCCc4ccccc43)CC2)nc2cc(S(C)(=O)=O)ccc12. The second-order valence-corrected chi connectivity index (χ2v) is 11.4. The van der Waals surface area contributed by atoms with Gasteiger partial charge < -0.3 is 15.0 Å². The van der Waals surface area contributed by atoms with Crippen LogP contribution in [0, 0.1) is 12.8 Å². The van der Waals surface area contributed by atoms with Gasteiger partial charge in [0.25, 0.3) is 0 Å². The van der Waals surface area contributed by atoms with Crippen LogP contribution in [-0.2, 0) is 25.8 Å². The molecule has 2 aromatic carbocycles. The van der Waals surface area contributed by atoms with Gasteiger partial charge in [-0.25, -0.2) is 18.4 Å². The average Bonchev–Trinajstić information content (AvgIpc) is 2.86. The Labute approximate surface area is 205 Å². The summed E-state index contributed by atoms with van der Waals surface area (Å²) in [4.78, 5) is 24.5. The number of hydrogen-bond donors (Lipinski definition) is 1. The molecule has 35 heavy (non-hydrogen) atoms. The van der Waals surface area contributed by atoms with E-state index in [0.29, 0.717) is 50.5 Å². The number of benzene rings is 2. The zero-order chi connectivity index (χ0) is 24.6. The predicted molar refractivity (Wildman–Crippen MR) is 134 cm³/mol. The molecule has 2 aliphatic heterocycles. The molecule has 5 rings (SSSR count). The minimum absolute atomic E-state index is 0.0599. The highest BCUT2D eigenvalue weighted by molar-refractivity contribution is 7.90. The number of aryl methyl sites for hydroxylation is 1. The molecule has 1 N–H and O–H groups in total. The second-order valence-electron chi connectivity index (χ2n) is 9.37. The Morgan fingerprint density at radius 3 is 2.69 bits per heavy atom. The Kier molecular flexibility index (Phi) is 6.46. The fraction of sp³-hybridized carbons (Fsp3) is 0.423. The highest BCUT2D eigenvalue weighted by Gasteiger charge is 2.28. The van der Waals surface area contributed by atoms with Crippen LogP contribution >= 0.6 is 0 Å². The van der Waals surface area contributed by atoms with E-state index in [9.17, 15) is 13.2 Å². The summed E-state index contributed by atoms with van der Waals surface area (Å²) in [7, 11) is -3.32. The number of piperidine rings is 1. The maximum Gasteiger partial charge on any atom is 0.226 e. The predicted octanol–water partition coefficient (Wildman–Crippen LogP) is 2.99. The van der Waals surface area contributed by atoms with Crippen LogP contribution in [0.2, 0.25) is 0 Å². The first kappa shape index (κ1) is 23.7. The number of amides is 1. The van der Waals surface area contributed by atoms with Crippen LogP contribution in [0.25, 0.3) is 10.9 Å². The van der Waals surface area contributed by atoms with Gasteiger partial charge in [0.2, 0.25) is 11.9 Å². The largest absolute Gasteiger partial charge is 0.371 e. The molecule has 0 saturated carbocycles. The Balaban J connectivity index is 1.22. The summed E-state index contributed by atoms with van der Waals surface area (Å²) >= 11 is 0. The highest BCUT2D eigenvalue weighted by Crippen LogP contribution is 2.28. The summed E-state index contributed by atoms with van der Waals surface area (Å²) in [6, 6.07) is 13.2. The minimum Gasteiger partial charge on any atom is -0.371 e. The number of carbonyl (C=O) groups excluding carboxylic acids is 1. The molecule has 1 fully saturated rings. The van der Waals surface area contributed by atoms with Crippen molar-refractivity contribution in [2.75, 3.05) is 37.4 Å². The van der Waals surface area contributed by atoms with Crippen molar-refractivity contribution in [3.05, 3.63) is 59.3 Å². The topological polar surface area (TPSA) is 101 Å². The first-order valence-corrected chi connectivity index (χ1v) is 13.9. The van der Waals surface area contributed by atoms with E-state index >= 15 is 0 Å². The van der Waals surface area contributed by atoms with Gasteiger partial charge in [0.1, 0.15) is 6.10 Å². The van der Waals surface area contributed by atoms with E-state index in [-0.39, 0.29) is 22.8 Å². The van der Waals surface area contributed by atoms with Crippen molar-refractivity contribution in [1.82, 2.24) is 15.3 Å². The summed E-state index contributed by atoms with van der Waals surface area (Å²) in [5.41, 5.74) is 3.87. The van der Waals surface area contributed by atoms with E-state index in [2.05, 4.69) is 32.3 Å². The van der Waals surface area contributed by atoms with Crippen molar-refractivity contribution >= 4 is 32.6 Å². The van der Waals surface area contributed by atoms with Crippen LogP contribution in [0.1, 0.15) is 35.8 Å². The Hall–Kier alpha value is -3.04. The van der Waals surface area contributed by atoms with Gasteiger partial charge in [-0.15, -0.1) is 0 Å². The quantitative estimate of drug-likeness (QED) is 0.582. The summed E-state index contributed by atoms with van der Waals surface area (Å²) < 4.78 is 29.8. The van der Waals surface area contributed by atoms with Crippen molar-refractivity contribution in [2.45, 2.75) is 37.2 Å². The molecule has 3 heterocycles. The fourth-order valence-corrected chi connectivity index (χ4v) is 5.59. The molecule has 0 spiro atoms. The van der Waals surface area contributed by atoms with E-state index < -0.39 is 9.84 Å². The van der Waals surface area contributed by atoms with Crippen molar-refractivity contribution in [3.63, 3.8) is 0 Å². The van der Waals surface area contributed by atoms with Gasteiger partial charge in [0.15, 0.2) is 9.84 Å². The summed E-state index contributed by atoms with van der Waals surface area (Å²) in [6.07, 6.45) is 3.41. The molecule has 8 nitrogen and oxygen atoms in total. The fourth-order valence-electron chi connectivity index (χ4n) is 4.95. The van der Waals surface area contributed by atoms with Crippen molar-refractivity contribution in [3.8, 4) is 0 Å². The van der Waals surface area contributed by atoms with Gasteiger partial charge in [-0.2, -0.15) is 0 Å². The monoisotopic (exact) mass is 494 g/mol. The molecule has 1 saturated heterocycles. The third-order valence-electron chi connectivity index (χ3n) is 6.98. The zero-order valence-electron chi connectivity index (χ0n) is 20.0. The van der Waals surface area contributed by atoms with Gasteiger partial charge in [0, 0.05) is 37.2 Å². The van der Waals surface area contributed by atoms with Crippen LogP contribution in [-0.4, -0.2) is 56.8 Å². The molecule has 1 amide bonds. The van der Waals surface area contributed by atoms with E-state index in [0.717, 1.165) is 23.1 Å². The Morgan fingerprint density at radius 2 is 1.91 bits per heavy atom. The summed E-state index contributed by atoms with van der Waals surface area (Å²) in [5, 5.41) is 3.94.